The topological polar surface area (TPSA) is 59.7 Å². The van der Waals surface area contributed by atoms with Crippen LogP contribution in [0.4, 0.5) is 16.0 Å². The molecule has 0 fully saturated rings. The maximum atomic E-state index is 14.1. The number of halogens is 5. The van der Waals surface area contributed by atoms with Crippen LogP contribution in [-0.2, 0) is 13.1 Å². The van der Waals surface area contributed by atoms with Gasteiger partial charge in [0.05, 0.1) is 22.0 Å². The smallest absolute Gasteiger partial charge is 0.177 e. The third-order valence-corrected chi connectivity index (χ3v) is 6.66. The lowest BCUT2D eigenvalue weighted by Crippen LogP contribution is -2.20. The van der Waals surface area contributed by atoms with Crippen molar-refractivity contribution >= 4 is 84.0 Å². The normalized spacial score (nSPS) is 10.9. The zero-order valence-corrected chi connectivity index (χ0v) is 22.2. The van der Waals surface area contributed by atoms with Gasteiger partial charge in [-0.1, -0.05) is 47.5 Å². The van der Waals surface area contributed by atoms with Crippen molar-refractivity contribution in [3.8, 4) is 0 Å². The van der Waals surface area contributed by atoms with E-state index in [0.717, 1.165) is 10.0 Å². The van der Waals surface area contributed by atoms with Crippen LogP contribution in [-0.4, -0.2) is 24.7 Å². The SMILES string of the molecule is Fc1cccc(Cl)c1Cn1cc(Br)c(NC(=S)Nc2nn(Cc3ccccc3Cl)cc2Br)n1. The number of nitrogens with zero attached hydrogens (tertiary/aromatic N) is 4. The van der Waals surface area contributed by atoms with Crippen molar-refractivity contribution in [2.75, 3.05) is 10.6 Å². The summed E-state index contributed by atoms with van der Waals surface area (Å²) in [6.07, 6.45) is 3.54. The molecule has 0 unspecified atom stereocenters. The summed E-state index contributed by atoms with van der Waals surface area (Å²) in [5, 5.41) is 16.3. The van der Waals surface area contributed by atoms with Crippen LogP contribution in [0.2, 0.25) is 10.0 Å². The number of anilines is 2. The lowest BCUT2D eigenvalue weighted by Gasteiger charge is -2.08. The zero-order chi connectivity index (χ0) is 23.5. The Morgan fingerprint density at radius 3 is 2.06 bits per heavy atom. The van der Waals surface area contributed by atoms with Gasteiger partial charge in [0.1, 0.15) is 5.82 Å². The van der Waals surface area contributed by atoms with E-state index in [2.05, 4.69) is 52.7 Å². The van der Waals surface area contributed by atoms with E-state index in [9.17, 15) is 4.39 Å². The quantitative estimate of drug-likeness (QED) is 0.225. The Bertz CT molecular complexity index is 1310. The first-order valence-corrected chi connectivity index (χ1v) is 12.3. The second-order valence-corrected chi connectivity index (χ2v) is 9.85. The molecule has 0 aliphatic heterocycles. The second-order valence-electron chi connectivity index (χ2n) is 6.92. The first-order chi connectivity index (χ1) is 15.8. The standard InChI is InChI=1S/C21H15Br2Cl2FN6S/c22-14-10-31(8-12-4-1-2-5-16(12)24)29-19(14)27-21(33)28-20-15(23)11-32(30-20)9-13-17(25)6-3-7-18(13)26/h1-7,10-11H,8-9H2,(H2,27,28,29,30,33). The Morgan fingerprint density at radius 1 is 0.879 bits per heavy atom. The van der Waals surface area contributed by atoms with Crippen LogP contribution >= 0.6 is 67.3 Å². The van der Waals surface area contributed by atoms with Crippen molar-refractivity contribution in [3.63, 3.8) is 0 Å². The van der Waals surface area contributed by atoms with Crippen molar-refractivity contribution in [2.45, 2.75) is 13.1 Å². The van der Waals surface area contributed by atoms with E-state index in [-0.39, 0.29) is 11.7 Å². The highest BCUT2D eigenvalue weighted by atomic mass is 79.9. The predicted octanol–water partition coefficient (Wildman–Crippen LogP) is 6.96. The zero-order valence-electron chi connectivity index (χ0n) is 16.7. The first-order valence-electron chi connectivity index (χ1n) is 9.50. The summed E-state index contributed by atoms with van der Waals surface area (Å²) in [5.41, 5.74) is 1.31. The lowest BCUT2D eigenvalue weighted by atomic mass is 10.2. The molecule has 170 valence electrons. The predicted molar refractivity (Wildman–Crippen MR) is 141 cm³/mol. The van der Waals surface area contributed by atoms with Gasteiger partial charge in [-0.15, -0.1) is 0 Å². The molecule has 2 aromatic heterocycles. The van der Waals surface area contributed by atoms with Gasteiger partial charge in [0.25, 0.3) is 0 Å². The van der Waals surface area contributed by atoms with Crippen LogP contribution in [0.1, 0.15) is 11.1 Å². The van der Waals surface area contributed by atoms with Crippen LogP contribution in [0.25, 0.3) is 0 Å². The Hall–Kier alpha value is -1.98. The average Bonchev–Trinajstić information content (AvgIpc) is 3.28. The Morgan fingerprint density at radius 2 is 1.45 bits per heavy atom. The van der Waals surface area contributed by atoms with Gasteiger partial charge in [0.2, 0.25) is 0 Å². The highest BCUT2D eigenvalue weighted by Crippen LogP contribution is 2.26. The molecular formula is C21H15Br2Cl2FN6S. The molecular weight excluding hydrogens is 618 g/mol. The summed E-state index contributed by atoms with van der Waals surface area (Å²) in [6, 6.07) is 12.1. The van der Waals surface area contributed by atoms with Crippen molar-refractivity contribution < 1.29 is 4.39 Å². The fraction of sp³-hybridized carbons (Fsp3) is 0.0952. The molecule has 33 heavy (non-hydrogen) atoms. The summed E-state index contributed by atoms with van der Waals surface area (Å²) in [7, 11) is 0. The lowest BCUT2D eigenvalue weighted by molar-refractivity contribution is 0.586. The number of benzene rings is 2. The van der Waals surface area contributed by atoms with Gasteiger partial charge in [0.15, 0.2) is 16.7 Å². The van der Waals surface area contributed by atoms with Gasteiger partial charge < -0.3 is 10.6 Å². The first kappa shape index (κ1) is 24.2. The number of hydrogen-bond donors (Lipinski definition) is 2. The van der Waals surface area contributed by atoms with Gasteiger partial charge in [-0.3, -0.25) is 9.36 Å². The third-order valence-electron chi connectivity index (χ3n) is 4.57. The molecule has 0 aliphatic rings. The van der Waals surface area contributed by atoms with Crippen LogP contribution < -0.4 is 10.6 Å². The summed E-state index contributed by atoms with van der Waals surface area (Å²) < 4.78 is 18.8. The van der Waals surface area contributed by atoms with Crippen LogP contribution in [0.3, 0.4) is 0 Å². The van der Waals surface area contributed by atoms with Gasteiger partial charge in [-0.2, -0.15) is 10.2 Å². The minimum atomic E-state index is -0.391. The number of aromatic nitrogens is 4. The number of hydrogen-bond acceptors (Lipinski definition) is 3. The molecule has 6 nitrogen and oxygen atoms in total. The van der Waals surface area contributed by atoms with Crippen LogP contribution in [0, 0.1) is 5.82 Å². The Labute approximate surface area is 221 Å². The fourth-order valence-electron chi connectivity index (χ4n) is 3.02. The largest absolute Gasteiger partial charge is 0.315 e. The molecule has 0 aliphatic carbocycles. The minimum absolute atomic E-state index is 0.171. The van der Waals surface area contributed by atoms with E-state index < -0.39 is 5.82 Å². The van der Waals surface area contributed by atoms with E-state index in [0.29, 0.717) is 38.3 Å². The fourth-order valence-corrected chi connectivity index (χ4v) is 4.46. The van der Waals surface area contributed by atoms with Gasteiger partial charge in [-0.05, 0) is 67.8 Å². The number of thiocarbonyl (C=S) groups is 1. The van der Waals surface area contributed by atoms with E-state index >= 15 is 0 Å². The molecule has 12 heteroatoms. The highest BCUT2D eigenvalue weighted by molar-refractivity contribution is 9.11. The third kappa shape index (κ3) is 5.93. The average molecular weight is 633 g/mol. The molecule has 2 heterocycles. The molecule has 2 aromatic carbocycles. The van der Waals surface area contributed by atoms with Crippen molar-refractivity contribution in [3.05, 3.63) is 90.8 Å². The highest BCUT2D eigenvalue weighted by Gasteiger charge is 2.14. The van der Waals surface area contributed by atoms with E-state index in [1.807, 2.05) is 30.5 Å². The minimum Gasteiger partial charge on any atom is -0.315 e. The van der Waals surface area contributed by atoms with E-state index in [4.69, 9.17) is 35.4 Å². The van der Waals surface area contributed by atoms with Crippen molar-refractivity contribution in [1.82, 2.24) is 19.6 Å². The van der Waals surface area contributed by atoms with Gasteiger partial charge in [0, 0.05) is 28.0 Å². The second kappa shape index (κ2) is 10.5. The summed E-state index contributed by atoms with van der Waals surface area (Å²) in [4.78, 5) is 0. The van der Waals surface area contributed by atoms with Gasteiger partial charge >= 0.3 is 0 Å². The monoisotopic (exact) mass is 630 g/mol. The molecule has 4 aromatic rings. The summed E-state index contributed by atoms with van der Waals surface area (Å²) in [5.74, 6) is 0.609. The van der Waals surface area contributed by atoms with Gasteiger partial charge in [-0.25, -0.2) is 4.39 Å². The van der Waals surface area contributed by atoms with Crippen molar-refractivity contribution in [2.24, 2.45) is 0 Å². The summed E-state index contributed by atoms with van der Waals surface area (Å²) >= 11 is 24.7. The molecule has 0 bridgehead atoms. The molecule has 2 N–H and O–H groups in total. The molecule has 0 radical (unpaired) electrons. The number of rotatable bonds is 6. The molecule has 0 saturated carbocycles. The van der Waals surface area contributed by atoms with Crippen molar-refractivity contribution in [1.29, 1.82) is 0 Å². The maximum absolute atomic E-state index is 14.1. The maximum Gasteiger partial charge on any atom is 0.177 e. The number of nitrogens with one attached hydrogen (secondary N) is 2. The Balaban J connectivity index is 1.42. The van der Waals surface area contributed by atoms with E-state index in [1.54, 1.807) is 27.7 Å². The molecule has 4 rings (SSSR count). The van der Waals surface area contributed by atoms with E-state index in [1.165, 1.54) is 6.07 Å². The van der Waals surface area contributed by atoms with Crippen LogP contribution in [0.5, 0.6) is 0 Å². The molecule has 0 saturated heterocycles. The summed E-state index contributed by atoms with van der Waals surface area (Å²) in [6.45, 7) is 0.679. The Kier molecular flexibility index (Phi) is 7.70. The van der Waals surface area contributed by atoms with Crippen LogP contribution in [0.15, 0.2) is 63.8 Å². The molecule has 0 atom stereocenters. The molecule has 0 amide bonds. The molecule has 0 spiro atoms.